The van der Waals surface area contributed by atoms with Gasteiger partial charge in [0.2, 0.25) is 0 Å². The molecule has 1 unspecified atom stereocenters. The number of para-hydroxylation sites is 4. The summed E-state index contributed by atoms with van der Waals surface area (Å²) in [5.41, 5.74) is 2.84. The van der Waals surface area contributed by atoms with Gasteiger partial charge in [0, 0.05) is 6.61 Å². The van der Waals surface area contributed by atoms with Gasteiger partial charge in [0.1, 0.15) is 12.4 Å². The third kappa shape index (κ3) is 4.81. The highest BCUT2D eigenvalue weighted by molar-refractivity contribution is 5.77. The number of fused-ring (bicyclic) bond motifs is 2. The molecule has 0 fully saturated rings. The number of ether oxygens (including phenoxy) is 3. The van der Waals surface area contributed by atoms with E-state index in [1.54, 1.807) is 0 Å². The minimum Gasteiger partial charge on any atom is -0.492 e. The van der Waals surface area contributed by atoms with Crippen molar-refractivity contribution in [3.8, 4) is 17.2 Å². The van der Waals surface area contributed by atoms with Crippen LogP contribution in [0.4, 0.5) is 11.4 Å². The first-order chi connectivity index (χ1) is 15.2. The molecule has 6 heteroatoms. The molecule has 3 aromatic carbocycles. The number of nitrogens with zero attached hydrogens (tertiary/aromatic N) is 1. The highest BCUT2D eigenvalue weighted by Gasteiger charge is 2.23. The molecule has 4 rings (SSSR count). The van der Waals surface area contributed by atoms with E-state index in [0.717, 1.165) is 34.2 Å². The van der Waals surface area contributed by atoms with Crippen LogP contribution in [0.2, 0.25) is 0 Å². The van der Waals surface area contributed by atoms with E-state index in [1.165, 1.54) is 0 Å². The number of benzene rings is 3. The summed E-state index contributed by atoms with van der Waals surface area (Å²) in [6.45, 7) is 3.44. The van der Waals surface area contributed by atoms with E-state index in [2.05, 4.69) is 4.90 Å². The fourth-order valence-electron chi connectivity index (χ4n) is 3.69. The summed E-state index contributed by atoms with van der Waals surface area (Å²) in [5.74, 6) is 1.49. The lowest BCUT2D eigenvalue weighted by atomic mass is 10.1. The Balaban J connectivity index is 1.42. The van der Waals surface area contributed by atoms with Crippen molar-refractivity contribution in [2.45, 2.75) is 19.4 Å². The fourth-order valence-corrected chi connectivity index (χ4v) is 3.69. The number of carboxylic acid groups (broad SMARTS) is 1. The molecule has 1 heterocycles. The molecule has 1 N–H and O–H groups in total. The van der Waals surface area contributed by atoms with Crippen LogP contribution in [0.25, 0.3) is 0 Å². The van der Waals surface area contributed by atoms with Gasteiger partial charge in [0.15, 0.2) is 11.5 Å². The van der Waals surface area contributed by atoms with Gasteiger partial charge in [0.05, 0.1) is 30.4 Å². The minimum absolute atomic E-state index is 0.0656. The van der Waals surface area contributed by atoms with Crippen LogP contribution in [0.15, 0.2) is 72.8 Å². The average molecular weight is 419 g/mol. The van der Waals surface area contributed by atoms with Gasteiger partial charge in [-0.3, -0.25) is 4.79 Å². The summed E-state index contributed by atoms with van der Waals surface area (Å²) in [4.78, 5) is 13.3. The Labute approximate surface area is 181 Å². The Morgan fingerprint density at radius 1 is 0.968 bits per heavy atom. The van der Waals surface area contributed by atoms with Gasteiger partial charge < -0.3 is 24.2 Å². The highest BCUT2D eigenvalue weighted by Crippen LogP contribution is 2.45. The summed E-state index contributed by atoms with van der Waals surface area (Å²) in [5, 5.41) is 9.09. The largest absolute Gasteiger partial charge is 0.492 e. The smallest absolute Gasteiger partial charge is 0.306 e. The average Bonchev–Trinajstić information content (AvgIpc) is 2.78. The Morgan fingerprint density at radius 3 is 2.16 bits per heavy atom. The highest BCUT2D eigenvalue weighted by atomic mass is 16.5. The predicted molar refractivity (Wildman–Crippen MR) is 119 cm³/mol. The second kappa shape index (κ2) is 9.53. The second-order valence-corrected chi connectivity index (χ2v) is 7.15. The van der Waals surface area contributed by atoms with Crippen molar-refractivity contribution in [3.63, 3.8) is 0 Å². The van der Waals surface area contributed by atoms with Gasteiger partial charge in [-0.15, -0.1) is 0 Å². The Kier molecular flexibility index (Phi) is 6.38. The monoisotopic (exact) mass is 419 g/mol. The number of hydrogen-bond acceptors (Lipinski definition) is 5. The third-order valence-electron chi connectivity index (χ3n) is 5.10. The van der Waals surface area contributed by atoms with Crippen LogP contribution in [0, 0.1) is 0 Å². The van der Waals surface area contributed by atoms with Crippen molar-refractivity contribution in [3.05, 3.63) is 78.4 Å². The number of aliphatic carboxylic acids is 1. The topological polar surface area (TPSA) is 68.2 Å². The van der Waals surface area contributed by atoms with Gasteiger partial charge >= 0.3 is 5.97 Å². The quantitative estimate of drug-likeness (QED) is 0.490. The van der Waals surface area contributed by atoms with Crippen LogP contribution < -0.4 is 14.4 Å². The minimum atomic E-state index is -0.884. The molecule has 1 aliphatic rings. The molecule has 0 spiro atoms. The fraction of sp³-hybridized carbons (Fsp3) is 0.240. The molecule has 3 aromatic rings. The zero-order valence-corrected chi connectivity index (χ0v) is 17.4. The first-order valence-corrected chi connectivity index (χ1v) is 10.4. The first kappa shape index (κ1) is 20.8. The predicted octanol–water partition coefficient (Wildman–Crippen LogP) is 5.56. The molecule has 0 aromatic heterocycles. The molecule has 6 nitrogen and oxygen atoms in total. The molecular formula is C25H25NO5. The van der Waals surface area contributed by atoms with Crippen molar-refractivity contribution in [1.29, 1.82) is 0 Å². The molecule has 0 radical (unpaired) electrons. The van der Waals surface area contributed by atoms with E-state index >= 15 is 0 Å². The maximum Gasteiger partial charge on any atom is 0.306 e. The first-order valence-electron chi connectivity index (χ1n) is 10.4. The zero-order valence-electron chi connectivity index (χ0n) is 17.4. The van der Waals surface area contributed by atoms with Gasteiger partial charge in [-0.25, -0.2) is 0 Å². The van der Waals surface area contributed by atoms with Crippen LogP contribution in [-0.2, 0) is 9.53 Å². The van der Waals surface area contributed by atoms with Crippen LogP contribution in [0.1, 0.15) is 25.0 Å². The molecule has 1 aliphatic heterocycles. The number of hydrogen-bond donors (Lipinski definition) is 1. The van der Waals surface area contributed by atoms with Gasteiger partial charge in [-0.1, -0.05) is 36.4 Å². The van der Waals surface area contributed by atoms with Gasteiger partial charge in [0.25, 0.3) is 0 Å². The number of carboxylic acids is 1. The number of rotatable bonds is 9. The van der Waals surface area contributed by atoms with E-state index in [4.69, 9.17) is 19.3 Å². The maximum absolute atomic E-state index is 11.1. The van der Waals surface area contributed by atoms with Crippen molar-refractivity contribution >= 4 is 17.3 Å². The normalized spacial score (nSPS) is 13.0. The third-order valence-corrected chi connectivity index (χ3v) is 5.10. The van der Waals surface area contributed by atoms with Gasteiger partial charge in [-0.2, -0.15) is 0 Å². The molecule has 1 atom stereocenters. The Morgan fingerprint density at radius 2 is 1.58 bits per heavy atom. The van der Waals surface area contributed by atoms with E-state index < -0.39 is 12.1 Å². The van der Waals surface area contributed by atoms with Crippen LogP contribution in [-0.4, -0.2) is 30.8 Å². The standard InChI is InChI=1S/C25H25NO5/c1-2-29-24(17-25(27)28)18-11-13-19(14-12-18)30-16-15-26-20-7-3-5-9-22(20)31-23-10-6-4-8-21(23)26/h3-14,24H,2,15-17H2,1H3,(H,27,28). The van der Waals surface area contributed by atoms with E-state index in [-0.39, 0.29) is 6.42 Å². The summed E-state index contributed by atoms with van der Waals surface area (Å²) in [6, 6.07) is 23.3. The van der Waals surface area contributed by atoms with E-state index in [0.29, 0.717) is 19.8 Å². The maximum atomic E-state index is 11.1. The van der Waals surface area contributed by atoms with Gasteiger partial charge in [-0.05, 0) is 48.9 Å². The Bertz CT molecular complexity index is 989. The van der Waals surface area contributed by atoms with E-state index in [1.807, 2.05) is 79.7 Å². The molecule has 31 heavy (non-hydrogen) atoms. The molecule has 0 amide bonds. The molecule has 0 saturated carbocycles. The SMILES string of the molecule is CCOC(CC(=O)O)c1ccc(OCCN2c3ccccc3Oc3ccccc32)cc1. The van der Waals surface area contributed by atoms with Crippen LogP contribution >= 0.6 is 0 Å². The summed E-state index contributed by atoms with van der Waals surface area (Å²) < 4.78 is 17.6. The lowest BCUT2D eigenvalue weighted by Crippen LogP contribution is -2.26. The zero-order chi connectivity index (χ0) is 21.6. The lowest BCUT2D eigenvalue weighted by Gasteiger charge is -2.32. The van der Waals surface area contributed by atoms with Crippen molar-refractivity contribution in [2.75, 3.05) is 24.7 Å². The number of carbonyl (C=O) groups is 1. The summed E-state index contributed by atoms with van der Waals surface area (Å²) in [7, 11) is 0. The van der Waals surface area contributed by atoms with Crippen molar-refractivity contribution in [1.82, 2.24) is 0 Å². The summed E-state index contributed by atoms with van der Waals surface area (Å²) >= 11 is 0. The molecular weight excluding hydrogens is 394 g/mol. The molecule has 160 valence electrons. The molecule has 0 saturated heterocycles. The van der Waals surface area contributed by atoms with E-state index in [9.17, 15) is 4.79 Å². The second-order valence-electron chi connectivity index (χ2n) is 7.15. The lowest BCUT2D eigenvalue weighted by molar-refractivity contribution is -0.140. The summed E-state index contributed by atoms with van der Waals surface area (Å²) in [6.07, 6.45) is -0.526. The van der Waals surface area contributed by atoms with Crippen molar-refractivity contribution < 1.29 is 24.1 Å². The van der Waals surface area contributed by atoms with Crippen molar-refractivity contribution in [2.24, 2.45) is 0 Å². The Hall–Kier alpha value is -3.51. The van der Waals surface area contributed by atoms with Crippen LogP contribution in [0.5, 0.6) is 17.2 Å². The number of anilines is 2. The molecule has 0 aliphatic carbocycles. The molecule has 0 bridgehead atoms. The van der Waals surface area contributed by atoms with Crippen LogP contribution in [0.3, 0.4) is 0 Å².